The van der Waals surface area contributed by atoms with Crippen molar-refractivity contribution in [3.8, 4) is 22.8 Å². The lowest BCUT2D eigenvalue weighted by atomic mass is 10.2. The predicted molar refractivity (Wildman–Crippen MR) is 126 cm³/mol. The Morgan fingerprint density at radius 2 is 1.75 bits per heavy atom. The molecule has 0 fully saturated rings. The van der Waals surface area contributed by atoms with Crippen LogP contribution in [0.4, 0.5) is 0 Å². The van der Waals surface area contributed by atoms with Crippen molar-refractivity contribution in [2.24, 2.45) is 5.10 Å². The first kappa shape index (κ1) is 21.3. The van der Waals surface area contributed by atoms with Gasteiger partial charge in [-0.15, -0.1) is 10.2 Å². The van der Waals surface area contributed by atoms with Gasteiger partial charge in [0.2, 0.25) is 0 Å². The summed E-state index contributed by atoms with van der Waals surface area (Å²) in [6.07, 6.45) is 1.40. The third kappa shape index (κ3) is 5.04. The molecule has 2 N–H and O–H groups in total. The molecule has 1 aromatic heterocycles. The summed E-state index contributed by atoms with van der Waals surface area (Å²) in [6.45, 7) is 2.03. The highest BCUT2D eigenvalue weighted by atomic mass is 32.2. The lowest BCUT2D eigenvalue weighted by Crippen LogP contribution is -2.20. The summed E-state index contributed by atoms with van der Waals surface area (Å²) in [6, 6.07) is 24.6. The number of phenolic OH excluding ortho intramolecular Hbond substituents is 1. The number of carbonyl (C=O) groups is 1. The molecule has 4 aromatic rings. The van der Waals surface area contributed by atoms with E-state index in [0.29, 0.717) is 16.5 Å². The maximum atomic E-state index is 12.3. The molecule has 0 atom stereocenters. The number of hydrogen-bond donors (Lipinski definition) is 2. The monoisotopic (exact) mass is 443 g/mol. The molecular weight excluding hydrogens is 422 g/mol. The van der Waals surface area contributed by atoms with Crippen LogP contribution >= 0.6 is 11.8 Å². The van der Waals surface area contributed by atoms with Crippen LogP contribution in [0.3, 0.4) is 0 Å². The van der Waals surface area contributed by atoms with E-state index < -0.39 is 0 Å². The first-order chi connectivity index (χ1) is 15.6. The fraction of sp³-hybridized carbons (Fsp3) is 0.0833. The first-order valence-corrected chi connectivity index (χ1v) is 10.9. The van der Waals surface area contributed by atoms with Gasteiger partial charge in [0.05, 0.1) is 12.0 Å². The molecule has 0 saturated carbocycles. The third-order valence-electron chi connectivity index (χ3n) is 4.62. The second-order valence-corrected chi connectivity index (χ2v) is 7.93. The maximum Gasteiger partial charge on any atom is 0.250 e. The lowest BCUT2D eigenvalue weighted by molar-refractivity contribution is -0.118. The van der Waals surface area contributed by atoms with Gasteiger partial charge in [-0.25, -0.2) is 5.43 Å². The molecule has 4 rings (SSSR count). The smallest absolute Gasteiger partial charge is 0.250 e. The van der Waals surface area contributed by atoms with Gasteiger partial charge >= 0.3 is 0 Å². The molecule has 0 spiro atoms. The molecule has 1 amide bonds. The standard InChI is InChI=1S/C24H21N5O2S/c1-17-11-13-20(14-12-17)29-23(18-7-3-2-4-8-18)27-28-24(29)32-16-22(31)26-25-15-19-9-5-6-10-21(19)30/h2-15,30H,16H2,1H3,(H,26,31). The molecular formula is C24H21N5O2S. The number of hydrazone groups is 1. The molecule has 0 aliphatic heterocycles. The van der Waals surface area contributed by atoms with E-state index in [-0.39, 0.29) is 17.4 Å². The topological polar surface area (TPSA) is 92.4 Å². The van der Waals surface area contributed by atoms with E-state index in [1.165, 1.54) is 18.0 Å². The van der Waals surface area contributed by atoms with Crippen LogP contribution in [0.2, 0.25) is 0 Å². The van der Waals surface area contributed by atoms with E-state index in [1.54, 1.807) is 24.3 Å². The molecule has 0 saturated heterocycles. The highest BCUT2D eigenvalue weighted by Gasteiger charge is 2.17. The number of rotatable bonds is 7. The van der Waals surface area contributed by atoms with Crippen LogP contribution in [0.5, 0.6) is 5.75 Å². The fourth-order valence-electron chi connectivity index (χ4n) is 3.00. The summed E-state index contributed by atoms with van der Waals surface area (Å²) < 4.78 is 1.94. The summed E-state index contributed by atoms with van der Waals surface area (Å²) in [5.74, 6) is 0.618. The van der Waals surface area contributed by atoms with Gasteiger partial charge in [-0.3, -0.25) is 9.36 Å². The highest BCUT2D eigenvalue weighted by Crippen LogP contribution is 2.28. The van der Waals surface area contributed by atoms with Gasteiger partial charge in [0.15, 0.2) is 11.0 Å². The Hall–Kier alpha value is -3.91. The molecule has 0 aliphatic carbocycles. The van der Waals surface area contributed by atoms with E-state index in [1.807, 2.05) is 66.1 Å². The van der Waals surface area contributed by atoms with Crippen LogP contribution < -0.4 is 5.43 Å². The Labute approximate surface area is 189 Å². The Kier molecular flexibility index (Phi) is 6.62. The largest absolute Gasteiger partial charge is 0.507 e. The van der Waals surface area contributed by atoms with Crippen molar-refractivity contribution in [1.82, 2.24) is 20.2 Å². The Bertz CT molecular complexity index is 1240. The van der Waals surface area contributed by atoms with Crippen molar-refractivity contribution in [1.29, 1.82) is 0 Å². The number of nitrogens with zero attached hydrogens (tertiary/aromatic N) is 4. The minimum Gasteiger partial charge on any atom is -0.507 e. The minimum atomic E-state index is -0.290. The van der Waals surface area contributed by atoms with Crippen molar-refractivity contribution in [3.63, 3.8) is 0 Å². The average molecular weight is 444 g/mol. The number of aryl methyl sites for hydroxylation is 1. The second kappa shape index (κ2) is 9.93. The van der Waals surface area contributed by atoms with Crippen LogP contribution in [-0.2, 0) is 4.79 Å². The van der Waals surface area contributed by atoms with Crippen LogP contribution in [-0.4, -0.2) is 37.7 Å². The van der Waals surface area contributed by atoms with Gasteiger partial charge in [0, 0.05) is 16.8 Å². The van der Waals surface area contributed by atoms with Gasteiger partial charge in [-0.2, -0.15) is 5.10 Å². The molecule has 0 radical (unpaired) electrons. The van der Waals surface area contributed by atoms with Gasteiger partial charge in [0.1, 0.15) is 5.75 Å². The number of hydrogen-bond acceptors (Lipinski definition) is 6. The molecule has 7 nitrogen and oxygen atoms in total. The number of aromatic hydroxyl groups is 1. The quantitative estimate of drug-likeness (QED) is 0.254. The zero-order chi connectivity index (χ0) is 22.3. The molecule has 0 bridgehead atoms. The van der Waals surface area contributed by atoms with Crippen molar-refractivity contribution in [2.75, 3.05) is 5.75 Å². The number of benzene rings is 3. The average Bonchev–Trinajstić information content (AvgIpc) is 3.24. The van der Waals surface area contributed by atoms with Gasteiger partial charge in [-0.05, 0) is 31.2 Å². The van der Waals surface area contributed by atoms with E-state index in [9.17, 15) is 9.90 Å². The number of thioether (sulfide) groups is 1. The second-order valence-electron chi connectivity index (χ2n) is 6.98. The van der Waals surface area contributed by atoms with Gasteiger partial charge in [-0.1, -0.05) is 71.9 Å². The highest BCUT2D eigenvalue weighted by molar-refractivity contribution is 7.99. The minimum absolute atomic E-state index is 0.0968. The summed E-state index contributed by atoms with van der Waals surface area (Å²) in [5, 5.41) is 23.0. The van der Waals surface area contributed by atoms with Gasteiger partial charge < -0.3 is 5.11 Å². The zero-order valence-electron chi connectivity index (χ0n) is 17.3. The predicted octanol–water partition coefficient (Wildman–Crippen LogP) is 4.19. The molecule has 0 aliphatic rings. The third-order valence-corrected chi connectivity index (χ3v) is 5.55. The number of nitrogens with one attached hydrogen (secondary N) is 1. The number of phenols is 1. The fourth-order valence-corrected chi connectivity index (χ4v) is 3.74. The number of para-hydroxylation sites is 1. The molecule has 32 heavy (non-hydrogen) atoms. The molecule has 160 valence electrons. The van der Waals surface area contributed by atoms with E-state index in [2.05, 4.69) is 20.7 Å². The van der Waals surface area contributed by atoms with Crippen molar-refractivity contribution in [3.05, 3.63) is 90.0 Å². The first-order valence-electron chi connectivity index (χ1n) is 9.92. The van der Waals surface area contributed by atoms with Crippen molar-refractivity contribution in [2.45, 2.75) is 12.1 Å². The Balaban J connectivity index is 1.51. The van der Waals surface area contributed by atoms with Gasteiger partial charge in [0.25, 0.3) is 5.91 Å². The number of aromatic nitrogens is 3. The van der Waals surface area contributed by atoms with Crippen LogP contribution in [0.1, 0.15) is 11.1 Å². The van der Waals surface area contributed by atoms with Crippen molar-refractivity contribution >= 4 is 23.9 Å². The lowest BCUT2D eigenvalue weighted by Gasteiger charge is -2.10. The molecule has 8 heteroatoms. The number of carbonyl (C=O) groups excluding carboxylic acids is 1. The van der Waals surface area contributed by atoms with Crippen molar-refractivity contribution < 1.29 is 9.90 Å². The molecule has 3 aromatic carbocycles. The van der Waals surface area contributed by atoms with Crippen LogP contribution in [0.15, 0.2) is 89.1 Å². The van der Waals surface area contributed by atoms with Crippen LogP contribution in [0, 0.1) is 6.92 Å². The maximum absolute atomic E-state index is 12.3. The summed E-state index contributed by atoms with van der Waals surface area (Å²) in [4.78, 5) is 12.3. The summed E-state index contributed by atoms with van der Waals surface area (Å²) in [5.41, 5.74) is 6.00. The normalized spacial score (nSPS) is 11.0. The zero-order valence-corrected chi connectivity index (χ0v) is 18.2. The molecule has 1 heterocycles. The van der Waals surface area contributed by atoms with Crippen LogP contribution in [0.25, 0.3) is 17.1 Å². The SMILES string of the molecule is Cc1ccc(-n2c(SCC(=O)NN=Cc3ccccc3O)nnc2-c2ccccc2)cc1. The summed E-state index contributed by atoms with van der Waals surface area (Å²) >= 11 is 1.27. The number of amides is 1. The molecule has 0 unspecified atom stereocenters. The Morgan fingerprint density at radius 3 is 2.50 bits per heavy atom. The van der Waals surface area contributed by atoms with E-state index in [0.717, 1.165) is 16.8 Å². The Morgan fingerprint density at radius 1 is 1.03 bits per heavy atom. The van der Waals surface area contributed by atoms with E-state index in [4.69, 9.17) is 0 Å². The van der Waals surface area contributed by atoms with E-state index >= 15 is 0 Å². The summed E-state index contributed by atoms with van der Waals surface area (Å²) in [7, 11) is 0.